The van der Waals surface area contributed by atoms with Gasteiger partial charge in [0.2, 0.25) is 0 Å². The Morgan fingerprint density at radius 3 is 2.29 bits per heavy atom. The monoisotopic (exact) mass is 475 g/mol. The quantitative estimate of drug-likeness (QED) is 0.595. The first-order valence-corrected chi connectivity index (χ1v) is 11.9. The molecular formula is C26H31N6O3+. The third kappa shape index (κ3) is 4.39. The molecule has 2 aromatic rings. The lowest BCUT2D eigenvalue weighted by Crippen LogP contribution is -2.61. The van der Waals surface area contributed by atoms with E-state index in [0.717, 1.165) is 43.3 Å². The number of imide groups is 1. The summed E-state index contributed by atoms with van der Waals surface area (Å²) in [6, 6.07) is 17.3. The van der Waals surface area contributed by atoms with Crippen molar-refractivity contribution in [2.45, 2.75) is 12.6 Å². The Morgan fingerprint density at radius 1 is 0.943 bits per heavy atom. The lowest BCUT2D eigenvalue weighted by atomic mass is 10.1. The van der Waals surface area contributed by atoms with Gasteiger partial charge in [-0.25, -0.2) is 9.37 Å². The van der Waals surface area contributed by atoms with Gasteiger partial charge in [-0.2, -0.15) is 0 Å². The number of urea groups is 1. The molecule has 2 fully saturated rings. The molecule has 1 atom stereocenters. The van der Waals surface area contributed by atoms with Gasteiger partial charge >= 0.3 is 11.9 Å². The lowest BCUT2D eigenvalue weighted by Gasteiger charge is -2.35. The van der Waals surface area contributed by atoms with Crippen LogP contribution in [0.1, 0.15) is 5.56 Å². The molecule has 1 unspecified atom stereocenters. The zero-order valence-electron chi connectivity index (χ0n) is 20.4. The second-order valence-corrected chi connectivity index (χ2v) is 9.10. The molecule has 3 aliphatic rings. The highest BCUT2D eigenvalue weighted by Crippen LogP contribution is 2.23. The molecule has 0 radical (unpaired) electrons. The second kappa shape index (κ2) is 9.50. The first-order chi connectivity index (χ1) is 17.0. The van der Waals surface area contributed by atoms with Crippen LogP contribution in [0.3, 0.4) is 0 Å². The lowest BCUT2D eigenvalue weighted by molar-refractivity contribution is -0.552. The number of methoxy groups -OCH3 is 1. The number of carbonyl (C=O) groups is 2. The fraction of sp³-hybridized carbons (Fsp3) is 0.385. The molecule has 3 amide bonds. The van der Waals surface area contributed by atoms with Crippen LogP contribution in [0.25, 0.3) is 0 Å². The Morgan fingerprint density at radius 2 is 1.63 bits per heavy atom. The number of carbonyl (C=O) groups excluding carboxylic acids is 2. The van der Waals surface area contributed by atoms with Crippen LogP contribution in [0, 0.1) is 0 Å². The van der Waals surface area contributed by atoms with Gasteiger partial charge in [-0.05, 0) is 34.8 Å². The van der Waals surface area contributed by atoms with Crippen molar-refractivity contribution in [1.29, 1.82) is 0 Å². The molecule has 0 bridgehead atoms. The highest BCUT2D eigenvalue weighted by Gasteiger charge is 2.53. The molecule has 3 heterocycles. The average Bonchev–Trinajstić information content (AvgIpc) is 3.25. The van der Waals surface area contributed by atoms with Crippen molar-refractivity contribution in [3.63, 3.8) is 0 Å². The van der Waals surface area contributed by atoms with E-state index in [-0.39, 0.29) is 11.9 Å². The summed E-state index contributed by atoms with van der Waals surface area (Å²) in [6.07, 6.45) is 0. The topological polar surface area (TPSA) is 71.7 Å². The van der Waals surface area contributed by atoms with Gasteiger partial charge < -0.3 is 9.64 Å². The Kier molecular flexibility index (Phi) is 6.25. The fourth-order valence-corrected chi connectivity index (χ4v) is 4.89. The molecule has 0 saturated carbocycles. The van der Waals surface area contributed by atoms with E-state index in [4.69, 9.17) is 9.73 Å². The number of hydrogen-bond donors (Lipinski definition) is 0. The van der Waals surface area contributed by atoms with E-state index in [0.29, 0.717) is 18.9 Å². The van der Waals surface area contributed by atoms with Gasteiger partial charge in [-0.1, -0.05) is 30.3 Å². The van der Waals surface area contributed by atoms with Gasteiger partial charge in [0, 0.05) is 46.0 Å². The number of ether oxygens (including phenoxy) is 1. The normalized spacial score (nSPS) is 20.9. The molecule has 0 aromatic heterocycles. The summed E-state index contributed by atoms with van der Waals surface area (Å²) >= 11 is 0. The van der Waals surface area contributed by atoms with E-state index >= 15 is 0 Å². The maximum Gasteiger partial charge on any atom is 0.333 e. The average molecular weight is 476 g/mol. The predicted octanol–water partition coefficient (Wildman–Crippen LogP) is 1.73. The number of anilines is 1. The van der Waals surface area contributed by atoms with Crippen molar-refractivity contribution >= 4 is 29.3 Å². The molecule has 0 N–H and O–H groups in total. The SMILES string of the molecule is COc1ccc(N2CCN(CC3=[N+](Cc4ccccc4)C4C(=O)N(C)C(=O)N(C)C4=N3)CC2)cc1. The third-order valence-corrected chi connectivity index (χ3v) is 6.98. The van der Waals surface area contributed by atoms with E-state index in [2.05, 4.69) is 38.6 Å². The van der Waals surface area contributed by atoms with Gasteiger partial charge in [-0.15, -0.1) is 0 Å². The number of amides is 3. The number of nitrogens with zero attached hydrogens (tertiary/aromatic N) is 6. The minimum atomic E-state index is -0.585. The predicted molar refractivity (Wildman–Crippen MR) is 134 cm³/mol. The number of likely N-dealkylation sites (N-methyl/N-ethyl adjacent to an activating group) is 2. The highest BCUT2D eigenvalue weighted by atomic mass is 16.5. The number of rotatable bonds is 6. The van der Waals surface area contributed by atoms with Crippen molar-refractivity contribution in [2.24, 2.45) is 4.99 Å². The summed E-state index contributed by atoms with van der Waals surface area (Å²) in [5.74, 6) is 1.96. The zero-order valence-corrected chi connectivity index (χ0v) is 20.4. The van der Waals surface area contributed by atoms with Crippen LogP contribution in [0.15, 0.2) is 59.6 Å². The van der Waals surface area contributed by atoms with Crippen LogP contribution in [-0.4, -0.2) is 103 Å². The first-order valence-electron chi connectivity index (χ1n) is 11.9. The number of fused-ring (bicyclic) bond motifs is 1. The van der Waals surface area contributed by atoms with Gasteiger partial charge in [0.1, 0.15) is 18.8 Å². The molecule has 35 heavy (non-hydrogen) atoms. The number of amidine groups is 2. The fourth-order valence-electron chi connectivity index (χ4n) is 4.89. The van der Waals surface area contributed by atoms with Crippen LogP contribution in [-0.2, 0) is 11.3 Å². The Labute approximate surface area is 205 Å². The Bertz CT molecular complexity index is 1170. The maximum absolute atomic E-state index is 13.2. The van der Waals surface area contributed by atoms with Crippen LogP contribution in [0.5, 0.6) is 5.75 Å². The van der Waals surface area contributed by atoms with Crippen molar-refractivity contribution in [1.82, 2.24) is 14.7 Å². The van der Waals surface area contributed by atoms with Crippen LogP contribution < -0.4 is 9.64 Å². The molecule has 2 aromatic carbocycles. The van der Waals surface area contributed by atoms with Crippen molar-refractivity contribution < 1.29 is 18.9 Å². The molecule has 2 saturated heterocycles. The summed E-state index contributed by atoms with van der Waals surface area (Å²) < 4.78 is 7.33. The number of aliphatic imine (C=N–C) groups is 1. The van der Waals surface area contributed by atoms with E-state index in [1.165, 1.54) is 22.5 Å². The summed E-state index contributed by atoms with van der Waals surface area (Å²) in [7, 11) is 4.90. The van der Waals surface area contributed by atoms with E-state index in [1.807, 2.05) is 30.3 Å². The van der Waals surface area contributed by atoms with E-state index in [9.17, 15) is 9.59 Å². The van der Waals surface area contributed by atoms with Gasteiger partial charge in [0.25, 0.3) is 17.8 Å². The molecule has 5 rings (SSSR count). The molecule has 9 nitrogen and oxygen atoms in total. The standard InChI is InChI=1S/C26H31N6O3/c1-28-24-23(25(33)29(2)26(28)34)32(17-19-7-5-4-6-8-19)22(27-24)18-30-13-15-31(16-14-30)20-9-11-21(35-3)12-10-20/h4-12,23H,13-18H2,1-3H3/q+1. The Hall–Kier alpha value is -3.72. The number of hydrogen-bond acceptors (Lipinski definition) is 6. The largest absolute Gasteiger partial charge is 0.497 e. The zero-order chi connectivity index (χ0) is 24.5. The smallest absolute Gasteiger partial charge is 0.333 e. The third-order valence-electron chi connectivity index (χ3n) is 6.98. The molecule has 9 heteroatoms. The molecule has 182 valence electrons. The minimum absolute atomic E-state index is 0.234. The van der Waals surface area contributed by atoms with Crippen LogP contribution in [0.4, 0.5) is 10.5 Å². The summed E-state index contributed by atoms with van der Waals surface area (Å²) in [5.41, 5.74) is 2.28. The van der Waals surface area contributed by atoms with Gasteiger partial charge in [-0.3, -0.25) is 19.5 Å². The van der Waals surface area contributed by atoms with Crippen molar-refractivity contribution in [3.05, 3.63) is 60.2 Å². The van der Waals surface area contributed by atoms with Gasteiger partial charge in [0.05, 0.1) is 7.11 Å². The molecular weight excluding hydrogens is 444 g/mol. The van der Waals surface area contributed by atoms with E-state index < -0.39 is 6.04 Å². The van der Waals surface area contributed by atoms with Crippen molar-refractivity contribution in [3.8, 4) is 5.75 Å². The van der Waals surface area contributed by atoms with Crippen LogP contribution in [0.2, 0.25) is 0 Å². The van der Waals surface area contributed by atoms with E-state index in [1.54, 1.807) is 14.2 Å². The minimum Gasteiger partial charge on any atom is -0.497 e. The summed E-state index contributed by atoms with van der Waals surface area (Å²) in [5, 5.41) is 0. The number of benzene rings is 2. The number of piperazine rings is 1. The van der Waals surface area contributed by atoms with Crippen LogP contribution >= 0.6 is 0 Å². The Balaban J connectivity index is 1.35. The molecule has 0 spiro atoms. The summed E-state index contributed by atoms with van der Waals surface area (Å²) in [4.78, 5) is 38.0. The molecule has 0 aliphatic carbocycles. The first kappa shape index (κ1) is 23.0. The maximum atomic E-state index is 13.2. The highest BCUT2D eigenvalue weighted by molar-refractivity contribution is 6.23. The summed E-state index contributed by atoms with van der Waals surface area (Å²) in [6.45, 7) is 4.75. The van der Waals surface area contributed by atoms with Gasteiger partial charge in [0.15, 0.2) is 0 Å². The molecule has 3 aliphatic heterocycles. The second-order valence-electron chi connectivity index (χ2n) is 9.10. The van der Waals surface area contributed by atoms with Crippen molar-refractivity contribution in [2.75, 3.05) is 58.8 Å².